The maximum Gasteiger partial charge on any atom is 0.321 e. The van der Waals surface area contributed by atoms with Gasteiger partial charge in [-0.1, -0.05) is 0 Å². The molecule has 3 nitrogen and oxygen atoms in total. The normalized spacial score (nSPS) is 10.3. The molecule has 0 bridgehead atoms. The first-order valence-corrected chi connectivity index (χ1v) is 4.27. The van der Waals surface area contributed by atoms with Gasteiger partial charge in [-0.15, -0.1) is 0 Å². The Morgan fingerprint density at radius 1 is 0.882 bits per heavy atom. The second-order valence-electron chi connectivity index (χ2n) is 3.27. The number of rotatable bonds is 1. The highest BCUT2D eigenvalue weighted by molar-refractivity contribution is 5.89. The third-order valence-corrected chi connectivity index (χ3v) is 1.85. The fourth-order valence-electron chi connectivity index (χ4n) is 0.933. The molecule has 1 N–H and O–H groups in total. The summed E-state index contributed by atoms with van der Waals surface area (Å²) in [5.41, 5.74) is -1.37. The zero-order chi connectivity index (χ0) is 13.3. The Morgan fingerprint density at radius 2 is 1.24 bits per heavy atom. The minimum atomic E-state index is -2.28. The van der Waals surface area contributed by atoms with Crippen molar-refractivity contribution < 1.29 is 26.7 Å². The van der Waals surface area contributed by atoms with Crippen molar-refractivity contribution in [1.82, 2.24) is 4.90 Å². The van der Waals surface area contributed by atoms with E-state index in [-0.39, 0.29) is 0 Å². The summed E-state index contributed by atoms with van der Waals surface area (Å²) in [4.78, 5) is 11.9. The fraction of sp³-hybridized carbons (Fsp3) is 0.222. The van der Waals surface area contributed by atoms with E-state index in [0.717, 1.165) is 4.90 Å². The van der Waals surface area contributed by atoms with Crippen LogP contribution in [0, 0.1) is 29.1 Å². The molecule has 0 heterocycles. The molecule has 1 rings (SSSR count). The first-order chi connectivity index (χ1) is 7.77. The highest BCUT2D eigenvalue weighted by Crippen LogP contribution is 2.27. The van der Waals surface area contributed by atoms with E-state index in [0.29, 0.717) is 0 Å². The Morgan fingerprint density at radius 3 is 1.59 bits per heavy atom. The topological polar surface area (TPSA) is 32.3 Å². The van der Waals surface area contributed by atoms with Crippen molar-refractivity contribution in [2.24, 2.45) is 0 Å². The average Bonchev–Trinajstić information content (AvgIpc) is 2.29. The van der Waals surface area contributed by atoms with Gasteiger partial charge in [0.25, 0.3) is 0 Å². The summed E-state index contributed by atoms with van der Waals surface area (Å²) in [5, 5.41) is 1.58. The summed E-state index contributed by atoms with van der Waals surface area (Å²) in [7, 11) is 2.47. The summed E-state index contributed by atoms with van der Waals surface area (Å²) in [5.74, 6) is -10.7. The van der Waals surface area contributed by atoms with E-state index in [9.17, 15) is 26.7 Å². The number of nitrogens with one attached hydrogen (secondary N) is 1. The van der Waals surface area contributed by atoms with Crippen LogP contribution in [-0.2, 0) is 0 Å². The van der Waals surface area contributed by atoms with Crippen LogP contribution < -0.4 is 5.32 Å². The molecule has 1 aromatic rings. The minimum Gasteiger partial charge on any atom is -0.331 e. The molecule has 1 aromatic carbocycles. The quantitative estimate of drug-likeness (QED) is 0.466. The van der Waals surface area contributed by atoms with Gasteiger partial charge >= 0.3 is 6.03 Å². The largest absolute Gasteiger partial charge is 0.331 e. The van der Waals surface area contributed by atoms with Crippen LogP contribution in [0.15, 0.2) is 0 Å². The number of benzene rings is 1. The number of hydrogen-bond acceptors (Lipinski definition) is 1. The number of hydrogen-bond donors (Lipinski definition) is 1. The Labute approximate surface area is 92.8 Å². The van der Waals surface area contributed by atoms with E-state index in [1.165, 1.54) is 14.1 Å². The molecule has 0 unspecified atom stereocenters. The molecule has 0 radical (unpaired) electrons. The van der Waals surface area contributed by atoms with Crippen molar-refractivity contribution in [2.75, 3.05) is 19.4 Å². The van der Waals surface area contributed by atoms with Gasteiger partial charge < -0.3 is 10.2 Å². The molecule has 2 amide bonds. The summed E-state index contributed by atoms with van der Waals surface area (Å²) in [6.07, 6.45) is 0. The van der Waals surface area contributed by atoms with Gasteiger partial charge in [0.1, 0.15) is 5.69 Å². The maximum absolute atomic E-state index is 13.1. The van der Waals surface area contributed by atoms with E-state index >= 15 is 0 Å². The van der Waals surface area contributed by atoms with Crippen molar-refractivity contribution in [2.45, 2.75) is 0 Å². The fourth-order valence-corrected chi connectivity index (χ4v) is 0.933. The summed E-state index contributed by atoms with van der Waals surface area (Å²) >= 11 is 0. The first kappa shape index (κ1) is 13.2. The molecule has 0 fully saturated rings. The van der Waals surface area contributed by atoms with E-state index in [2.05, 4.69) is 0 Å². The number of halogens is 5. The lowest BCUT2D eigenvalue weighted by molar-refractivity contribution is 0.230. The van der Waals surface area contributed by atoms with Gasteiger partial charge in [-0.3, -0.25) is 0 Å². The van der Waals surface area contributed by atoms with Crippen LogP contribution in [0.25, 0.3) is 0 Å². The number of nitrogens with zero attached hydrogens (tertiary/aromatic N) is 1. The third kappa shape index (κ3) is 2.29. The standard InChI is InChI=1S/C9H7F5N2O/c1-16(2)9(17)15-8-6(13)4(11)3(10)5(12)7(8)14/h1-2H3,(H,15,17). The Balaban J connectivity index is 3.30. The number of amides is 2. The number of carbonyl (C=O) groups is 1. The second kappa shape index (κ2) is 4.56. The lowest BCUT2D eigenvalue weighted by Crippen LogP contribution is -2.28. The van der Waals surface area contributed by atoms with Crippen molar-refractivity contribution in [3.8, 4) is 0 Å². The third-order valence-electron chi connectivity index (χ3n) is 1.85. The Bertz CT molecular complexity index is 446. The Kier molecular flexibility index (Phi) is 3.54. The van der Waals surface area contributed by atoms with E-state index in [4.69, 9.17) is 0 Å². The lowest BCUT2D eigenvalue weighted by Gasteiger charge is -2.13. The molecule has 0 saturated carbocycles. The predicted molar refractivity (Wildman–Crippen MR) is 48.9 cm³/mol. The SMILES string of the molecule is CN(C)C(=O)Nc1c(F)c(F)c(F)c(F)c1F. The molecule has 0 aliphatic rings. The van der Waals surface area contributed by atoms with Crippen molar-refractivity contribution in [1.29, 1.82) is 0 Å². The monoisotopic (exact) mass is 254 g/mol. The van der Waals surface area contributed by atoms with Crippen LogP contribution in [0.2, 0.25) is 0 Å². The van der Waals surface area contributed by atoms with Gasteiger partial charge in [-0.25, -0.2) is 26.7 Å². The second-order valence-corrected chi connectivity index (χ2v) is 3.27. The van der Waals surface area contributed by atoms with Crippen molar-refractivity contribution in [3.05, 3.63) is 29.1 Å². The first-order valence-electron chi connectivity index (χ1n) is 4.27. The highest BCUT2D eigenvalue weighted by atomic mass is 19.2. The highest BCUT2D eigenvalue weighted by Gasteiger charge is 2.26. The molecule has 0 aliphatic heterocycles. The number of carbonyl (C=O) groups excluding carboxylic acids is 1. The zero-order valence-electron chi connectivity index (χ0n) is 8.75. The van der Waals surface area contributed by atoms with Gasteiger partial charge in [0.15, 0.2) is 23.3 Å². The molecule has 0 saturated heterocycles. The van der Waals surface area contributed by atoms with Gasteiger partial charge in [-0.2, -0.15) is 0 Å². The summed E-state index contributed by atoms with van der Waals surface area (Å²) in [6, 6.07) is -1.02. The van der Waals surface area contributed by atoms with Gasteiger partial charge in [0.05, 0.1) is 0 Å². The van der Waals surface area contributed by atoms with Crippen LogP contribution in [-0.4, -0.2) is 25.0 Å². The average molecular weight is 254 g/mol. The smallest absolute Gasteiger partial charge is 0.321 e. The molecule has 0 aromatic heterocycles. The predicted octanol–water partition coefficient (Wildman–Crippen LogP) is 2.48. The van der Waals surface area contributed by atoms with Crippen LogP contribution >= 0.6 is 0 Å². The van der Waals surface area contributed by atoms with Crippen LogP contribution in [0.3, 0.4) is 0 Å². The molecule has 94 valence electrons. The molecule has 0 spiro atoms. The van der Waals surface area contributed by atoms with Gasteiger partial charge in [0.2, 0.25) is 5.82 Å². The van der Waals surface area contributed by atoms with Crippen molar-refractivity contribution >= 4 is 11.7 Å². The van der Waals surface area contributed by atoms with E-state index < -0.39 is 40.8 Å². The van der Waals surface area contributed by atoms with Gasteiger partial charge in [0, 0.05) is 14.1 Å². The van der Waals surface area contributed by atoms with E-state index in [1.807, 2.05) is 0 Å². The molecule has 0 atom stereocenters. The van der Waals surface area contributed by atoms with Crippen molar-refractivity contribution in [3.63, 3.8) is 0 Å². The summed E-state index contributed by atoms with van der Waals surface area (Å²) < 4.78 is 64.2. The molecular weight excluding hydrogens is 247 g/mol. The molecule has 0 aliphatic carbocycles. The minimum absolute atomic E-state index is 0.873. The maximum atomic E-state index is 13.1. The van der Waals surface area contributed by atoms with Crippen LogP contribution in [0.4, 0.5) is 32.4 Å². The van der Waals surface area contributed by atoms with Crippen LogP contribution in [0.5, 0.6) is 0 Å². The Hall–Kier alpha value is -1.86. The number of urea groups is 1. The lowest BCUT2D eigenvalue weighted by atomic mass is 10.2. The van der Waals surface area contributed by atoms with E-state index in [1.54, 1.807) is 5.32 Å². The van der Waals surface area contributed by atoms with Crippen LogP contribution in [0.1, 0.15) is 0 Å². The number of anilines is 1. The summed E-state index contributed by atoms with van der Waals surface area (Å²) in [6.45, 7) is 0. The zero-order valence-corrected chi connectivity index (χ0v) is 8.75. The molecule has 17 heavy (non-hydrogen) atoms. The van der Waals surface area contributed by atoms with Gasteiger partial charge in [-0.05, 0) is 0 Å². The molecular formula is C9H7F5N2O. The molecule has 8 heteroatoms.